The van der Waals surface area contributed by atoms with Crippen LogP contribution in [0.25, 0.3) is 5.57 Å². The lowest BCUT2D eigenvalue weighted by molar-refractivity contribution is -0.121. The fourth-order valence-corrected chi connectivity index (χ4v) is 4.36. The Balaban J connectivity index is 1.77. The van der Waals surface area contributed by atoms with Gasteiger partial charge in [0.25, 0.3) is 11.8 Å². The van der Waals surface area contributed by atoms with E-state index in [0.29, 0.717) is 53.7 Å². The molecular weight excluding hydrogens is 420 g/mol. The van der Waals surface area contributed by atoms with Gasteiger partial charge in [0.15, 0.2) is 0 Å². The molecule has 1 saturated heterocycles. The van der Waals surface area contributed by atoms with Crippen LogP contribution in [0.2, 0.25) is 0 Å². The summed E-state index contributed by atoms with van der Waals surface area (Å²) in [6.45, 7) is 7.61. The highest BCUT2D eigenvalue weighted by Crippen LogP contribution is 2.37. The number of hydrogen-bond acceptors (Lipinski definition) is 6. The molecule has 33 heavy (non-hydrogen) atoms. The third-order valence-electron chi connectivity index (χ3n) is 5.72. The highest BCUT2D eigenvalue weighted by Gasteiger charge is 2.44. The molecule has 2 heterocycles. The minimum absolute atomic E-state index is 0.0545. The second-order valence-corrected chi connectivity index (χ2v) is 8.41. The fraction of sp³-hybridized carbons (Fsp3) is 0.385. The summed E-state index contributed by atoms with van der Waals surface area (Å²) in [6.07, 6.45) is 0.758. The topological polar surface area (TPSA) is 68.3 Å². The van der Waals surface area contributed by atoms with Crippen LogP contribution in [0.4, 0.5) is 5.69 Å². The highest BCUT2D eigenvalue weighted by atomic mass is 16.5. The first-order valence-electron chi connectivity index (χ1n) is 11.3. The summed E-state index contributed by atoms with van der Waals surface area (Å²) in [5.74, 6) is 0.631. The number of rotatable bonds is 7. The van der Waals surface area contributed by atoms with Crippen molar-refractivity contribution in [2.75, 3.05) is 31.7 Å². The van der Waals surface area contributed by atoms with Gasteiger partial charge < -0.3 is 19.1 Å². The van der Waals surface area contributed by atoms with Crippen molar-refractivity contribution in [3.63, 3.8) is 0 Å². The predicted molar refractivity (Wildman–Crippen MR) is 126 cm³/mol. The Morgan fingerprint density at radius 3 is 2.30 bits per heavy atom. The number of methoxy groups -OCH3 is 1. The molecule has 0 aliphatic carbocycles. The van der Waals surface area contributed by atoms with Crippen LogP contribution < -0.4 is 14.4 Å². The summed E-state index contributed by atoms with van der Waals surface area (Å²) in [6, 6.07) is 14.3. The molecule has 4 rings (SSSR count). The Kier molecular flexibility index (Phi) is 6.70. The quantitative estimate of drug-likeness (QED) is 0.597. The lowest BCUT2D eigenvalue weighted by Crippen LogP contribution is -2.47. The predicted octanol–water partition coefficient (Wildman–Crippen LogP) is 3.88. The molecule has 2 atom stereocenters. The van der Waals surface area contributed by atoms with Crippen molar-refractivity contribution in [1.29, 1.82) is 0 Å². The largest absolute Gasteiger partial charge is 0.497 e. The number of imide groups is 1. The van der Waals surface area contributed by atoms with Gasteiger partial charge in [0, 0.05) is 19.2 Å². The summed E-state index contributed by atoms with van der Waals surface area (Å²) >= 11 is 0. The second kappa shape index (κ2) is 9.67. The molecular formula is C26H30N2O5. The Morgan fingerprint density at radius 2 is 1.67 bits per heavy atom. The number of carbonyl (C=O) groups is 2. The minimum atomic E-state index is -0.348. The van der Waals surface area contributed by atoms with E-state index in [1.54, 1.807) is 37.4 Å². The number of carbonyl (C=O) groups excluding carboxylic acids is 2. The third kappa shape index (κ3) is 4.59. The molecule has 0 bridgehead atoms. The van der Waals surface area contributed by atoms with Crippen LogP contribution in [-0.2, 0) is 14.3 Å². The first-order chi connectivity index (χ1) is 15.9. The van der Waals surface area contributed by atoms with E-state index in [-0.39, 0.29) is 24.0 Å². The lowest BCUT2D eigenvalue weighted by Gasteiger charge is -2.37. The van der Waals surface area contributed by atoms with Gasteiger partial charge in [-0.25, -0.2) is 4.90 Å². The Bertz CT molecular complexity index is 1050. The number of amides is 2. The second-order valence-electron chi connectivity index (χ2n) is 8.41. The minimum Gasteiger partial charge on any atom is -0.497 e. The number of morpholine rings is 1. The van der Waals surface area contributed by atoms with E-state index in [0.717, 1.165) is 6.42 Å². The standard InChI is InChI=1S/C26H30N2O5/c1-5-13-32-22-8-6-7-20(14-22)28-25(29)23(19-9-11-21(31-4)12-10-19)24(26(28)30)27-15-17(2)33-18(3)16-27/h6-12,14,17-18H,5,13,15-16H2,1-4H3. The molecule has 7 nitrogen and oxygen atoms in total. The van der Waals surface area contributed by atoms with Crippen LogP contribution >= 0.6 is 0 Å². The zero-order valence-electron chi connectivity index (χ0n) is 19.5. The van der Waals surface area contributed by atoms with Gasteiger partial charge >= 0.3 is 0 Å². The summed E-state index contributed by atoms with van der Waals surface area (Å²) in [4.78, 5) is 30.7. The average molecular weight is 451 g/mol. The average Bonchev–Trinajstić information content (AvgIpc) is 3.07. The van der Waals surface area contributed by atoms with Gasteiger partial charge in [-0.1, -0.05) is 25.1 Å². The molecule has 1 fully saturated rings. The van der Waals surface area contributed by atoms with E-state index in [2.05, 4.69) is 0 Å². The van der Waals surface area contributed by atoms with Gasteiger partial charge in [0.2, 0.25) is 0 Å². The molecule has 0 aromatic heterocycles. The van der Waals surface area contributed by atoms with Crippen molar-refractivity contribution in [1.82, 2.24) is 4.90 Å². The number of ether oxygens (including phenoxy) is 3. The van der Waals surface area contributed by atoms with E-state index in [1.165, 1.54) is 4.90 Å². The molecule has 0 N–H and O–H groups in total. The molecule has 0 spiro atoms. The third-order valence-corrected chi connectivity index (χ3v) is 5.72. The molecule has 0 radical (unpaired) electrons. The van der Waals surface area contributed by atoms with Crippen LogP contribution in [0.3, 0.4) is 0 Å². The zero-order valence-corrected chi connectivity index (χ0v) is 19.5. The van der Waals surface area contributed by atoms with Gasteiger partial charge in [-0.2, -0.15) is 0 Å². The fourth-order valence-electron chi connectivity index (χ4n) is 4.36. The van der Waals surface area contributed by atoms with E-state index < -0.39 is 0 Å². The van der Waals surface area contributed by atoms with Crippen molar-refractivity contribution in [3.05, 3.63) is 59.8 Å². The maximum absolute atomic E-state index is 13.8. The van der Waals surface area contributed by atoms with Crippen LogP contribution in [0.15, 0.2) is 54.2 Å². The van der Waals surface area contributed by atoms with Crippen molar-refractivity contribution in [3.8, 4) is 11.5 Å². The normalized spacial score (nSPS) is 21.1. The molecule has 2 aliphatic rings. The number of benzene rings is 2. The maximum Gasteiger partial charge on any atom is 0.282 e. The molecule has 7 heteroatoms. The molecule has 0 saturated carbocycles. The van der Waals surface area contributed by atoms with Crippen molar-refractivity contribution in [2.24, 2.45) is 0 Å². The Hall–Kier alpha value is -3.32. The molecule has 2 unspecified atom stereocenters. The lowest BCUT2D eigenvalue weighted by atomic mass is 10.0. The molecule has 2 aromatic rings. The summed E-state index contributed by atoms with van der Waals surface area (Å²) < 4.78 is 16.9. The van der Waals surface area contributed by atoms with Crippen molar-refractivity contribution in [2.45, 2.75) is 39.4 Å². The zero-order chi connectivity index (χ0) is 23.5. The number of nitrogens with zero attached hydrogens (tertiary/aromatic N) is 2. The van der Waals surface area contributed by atoms with Crippen LogP contribution in [-0.4, -0.2) is 55.7 Å². The SMILES string of the molecule is CCCOc1cccc(N2C(=O)C(c3ccc(OC)cc3)=C(N3CC(C)OC(C)C3)C2=O)c1. The van der Waals surface area contributed by atoms with E-state index >= 15 is 0 Å². The molecule has 2 amide bonds. The highest BCUT2D eigenvalue weighted by molar-refractivity contribution is 6.45. The van der Waals surface area contributed by atoms with Crippen molar-refractivity contribution >= 4 is 23.1 Å². The van der Waals surface area contributed by atoms with Crippen LogP contribution in [0, 0.1) is 0 Å². The van der Waals surface area contributed by atoms with Gasteiger partial charge in [0.1, 0.15) is 17.2 Å². The summed E-state index contributed by atoms with van der Waals surface area (Å²) in [5, 5.41) is 0. The number of hydrogen-bond donors (Lipinski definition) is 0. The van der Waals surface area contributed by atoms with E-state index in [9.17, 15) is 9.59 Å². The smallest absolute Gasteiger partial charge is 0.282 e. The van der Waals surface area contributed by atoms with E-state index in [4.69, 9.17) is 14.2 Å². The van der Waals surface area contributed by atoms with Crippen molar-refractivity contribution < 1.29 is 23.8 Å². The van der Waals surface area contributed by atoms with Crippen LogP contribution in [0.5, 0.6) is 11.5 Å². The monoisotopic (exact) mass is 450 g/mol. The molecule has 174 valence electrons. The van der Waals surface area contributed by atoms with Gasteiger partial charge in [0.05, 0.1) is 37.2 Å². The first kappa shape index (κ1) is 22.9. The van der Waals surface area contributed by atoms with Gasteiger partial charge in [-0.3, -0.25) is 9.59 Å². The Morgan fingerprint density at radius 1 is 0.970 bits per heavy atom. The summed E-state index contributed by atoms with van der Waals surface area (Å²) in [5.41, 5.74) is 1.97. The maximum atomic E-state index is 13.8. The van der Waals surface area contributed by atoms with E-state index in [1.807, 2.05) is 43.9 Å². The molecule has 2 aliphatic heterocycles. The van der Waals surface area contributed by atoms with Gasteiger partial charge in [-0.05, 0) is 50.1 Å². The molecule has 2 aromatic carbocycles. The Labute approximate surface area is 194 Å². The first-order valence-corrected chi connectivity index (χ1v) is 11.3. The van der Waals surface area contributed by atoms with Crippen LogP contribution in [0.1, 0.15) is 32.8 Å². The summed E-state index contributed by atoms with van der Waals surface area (Å²) in [7, 11) is 1.59. The van der Waals surface area contributed by atoms with Gasteiger partial charge in [-0.15, -0.1) is 0 Å². The number of anilines is 1.